The van der Waals surface area contributed by atoms with Gasteiger partial charge in [-0.3, -0.25) is 4.79 Å². The molecule has 0 bridgehead atoms. The molecule has 0 aliphatic heterocycles. The number of hydrogen-bond acceptors (Lipinski definition) is 4. The maximum absolute atomic E-state index is 12.1. The number of anilines is 1. The highest BCUT2D eigenvalue weighted by molar-refractivity contribution is 6.30. The van der Waals surface area contributed by atoms with E-state index in [2.05, 4.69) is 16.8 Å². The van der Waals surface area contributed by atoms with Gasteiger partial charge < -0.3 is 9.42 Å². The molecule has 0 N–H and O–H groups in total. The van der Waals surface area contributed by atoms with Crippen LogP contribution in [0.15, 0.2) is 45.7 Å². The highest BCUT2D eigenvalue weighted by atomic mass is 35.5. The summed E-state index contributed by atoms with van der Waals surface area (Å²) in [6, 6.07) is 10.9. The van der Waals surface area contributed by atoms with Gasteiger partial charge in [0.05, 0.1) is 12.2 Å². The summed E-state index contributed by atoms with van der Waals surface area (Å²) in [7, 11) is 0. The Bertz CT molecular complexity index is 852. The smallest absolute Gasteiger partial charge is 0.287 e. The number of fused-ring (bicyclic) bond motifs is 1. The van der Waals surface area contributed by atoms with Crippen LogP contribution in [0.2, 0.25) is 5.02 Å². The fourth-order valence-corrected chi connectivity index (χ4v) is 2.51. The van der Waals surface area contributed by atoms with E-state index in [1.807, 2.05) is 24.3 Å². The second-order valence-electron chi connectivity index (χ2n) is 5.08. The summed E-state index contributed by atoms with van der Waals surface area (Å²) in [5.41, 5.74) is 2.08. The number of halogens is 1. The Morgan fingerprint density at radius 3 is 2.68 bits per heavy atom. The van der Waals surface area contributed by atoms with E-state index in [0.29, 0.717) is 28.7 Å². The van der Waals surface area contributed by atoms with Crippen LogP contribution in [0.4, 0.5) is 5.69 Å². The van der Waals surface area contributed by atoms with Crippen LogP contribution in [-0.2, 0) is 6.54 Å². The van der Waals surface area contributed by atoms with Gasteiger partial charge in [0.25, 0.3) is 5.56 Å². The van der Waals surface area contributed by atoms with Crippen molar-refractivity contribution in [1.82, 2.24) is 9.56 Å². The zero-order valence-corrected chi connectivity index (χ0v) is 13.2. The van der Waals surface area contributed by atoms with Crippen molar-refractivity contribution < 1.29 is 4.52 Å². The maximum Gasteiger partial charge on any atom is 0.287 e. The largest absolute Gasteiger partial charge is 0.375 e. The lowest BCUT2D eigenvalue weighted by Crippen LogP contribution is -2.24. The summed E-state index contributed by atoms with van der Waals surface area (Å²) in [6.45, 7) is 5.20. The van der Waals surface area contributed by atoms with E-state index in [-0.39, 0.29) is 5.56 Å². The Hall–Kier alpha value is -2.27. The van der Waals surface area contributed by atoms with Crippen LogP contribution in [0.25, 0.3) is 5.65 Å². The number of aryl methyl sites for hydroxylation is 1. The van der Waals surface area contributed by atoms with Crippen LogP contribution in [0.1, 0.15) is 18.4 Å². The Labute approximate surface area is 132 Å². The minimum absolute atomic E-state index is 0.208. The molecule has 2 heterocycles. The lowest BCUT2D eigenvalue weighted by atomic mass is 10.2. The third-order valence-electron chi connectivity index (χ3n) is 3.45. The van der Waals surface area contributed by atoms with Crippen molar-refractivity contribution in [3.63, 3.8) is 0 Å². The average molecular weight is 318 g/mol. The molecule has 0 saturated carbocycles. The van der Waals surface area contributed by atoms with Crippen LogP contribution >= 0.6 is 11.6 Å². The van der Waals surface area contributed by atoms with Crippen molar-refractivity contribution in [1.29, 1.82) is 0 Å². The summed E-state index contributed by atoms with van der Waals surface area (Å²) in [5.74, 6) is 0.659. The van der Waals surface area contributed by atoms with Gasteiger partial charge in [0, 0.05) is 29.4 Å². The molecule has 6 heteroatoms. The van der Waals surface area contributed by atoms with Gasteiger partial charge in [0.1, 0.15) is 5.76 Å². The quantitative estimate of drug-likeness (QED) is 0.741. The SMILES string of the molecule is CCN(Cc1cc(=O)n2oc(C)cc2n1)c1ccc(Cl)cc1. The van der Waals surface area contributed by atoms with Gasteiger partial charge >= 0.3 is 0 Å². The second-order valence-corrected chi connectivity index (χ2v) is 5.51. The first-order valence-electron chi connectivity index (χ1n) is 7.07. The summed E-state index contributed by atoms with van der Waals surface area (Å²) < 4.78 is 6.50. The summed E-state index contributed by atoms with van der Waals surface area (Å²) >= 11 is 5.92. The monoisotopic (exact) mass is 317 g/mol. The van der Waals surface area contributed by atoms with Gasteiger partial charge in [-0.1, -0.05) is 11.6 Å². The summed E-state index contributed by atoms with van der Waals surface area (Å²) in [4.78, 5) is 18.7. The molecule has 1 aromatic carbocycles. The average Bonchev–Trinajstić information content (AvgIpc) is 2.87. The molecule has 0 aliphatic carbocycles. The van der Waals surface area contributed by atoms with Gasteiger partial charge in [-0.15, -0.1) is 4.57 Å². The van der Waals surface area contributed by atoms with Gasteiger partial charge in [-0.05, 0) is 38.1 Å². The highest BCUT2D eigenvalue weighted by Crippen LogP contribution is 2.19. The van der Waals surface area contributed by atoms with E-state index < -0.39 is 0 Å². The normalized spacial score (nSPS) is 11.0. The predicted octanol–water partition coefficient (Wildman–Crippen LogP) is 3.28. The van der Waals surface area contributed by atoms with Crippen LogP contribution in [-0.4, -0.2) is 16.1 Å². The van der Waals surface area contributed by atoms with Gasteiger partial charge in [0.2, 0.25) is 0 Å². The molecule has 22 heavy (non-hydrogen) atoms. The van der Waals surface area contributed by atoms with E-state index in [9.17, 15) is 4.79 Å². The number of nitrogens with zero attached hydrogens (tertiary/aromatic N) is 3. The Balaban J connectivity index is 1.93. The van der Waals surface area contributed by atoms with Crippen LogP contribution in [0.3, 0.4) is 0 Å². The van der Waals surface area contributed by atoms with Crippen LogP contribution in [0.5, 0.6) is 0 Å². The molecule has 0 amide bonds. The fourth-order valence-electron chi connectivity index (χ4n) is 2.39. The third-order valence-corrected chi connectivity index (χ3v) is 3.70. The molecule has 0 aliphatic rings. The summed E-state index contributed by atoms with van der Waals surface area (Å²) in [6.07, 6.45) is 0. The molecule has 0 atom stereocenters. The zero-order valence-electron chi connectivity index (χ0n) is 12.4. The first-order valence-corrected chi connectivity index (χ1v) is 7.44. The maximum atomic E-state index is 12.1. The van der Waals surface area contributed by atoms with Gasteiger partial charge in [-0.2, -0.15) is 0 Å². The Kier molecular flexibility index (Phi) is 3.90. The van der Waals surface area contributed by atoms with Crippen molar-refractivity contribution in [2.24, 2.45) is 0 Å². The fraction of sp³-hybridized carbons (Fsp3) is 0.250. The van der Waals surface area contributed by atoms with E-state index >= 15 is 0 Å². The minimum atomic E-state index is -0.208. The third kappa shape index (κ3) is 2.85. The van der Waals surface area contributed by atoms with Crippen LogP contribution < -0.4 is 10.5 Å². The minimum Gasteiger partial charge on any atom is -0.375 e. The molecule has 0 radical (unpaired) electrons. The molecule has 0 spiro atoms. The predicted molar refractivity (Wildman–Crippen MR) is 86.6 cm³/mol. The number of rotatable bonds is 4. The molecule has 0 fully saturated rings. The molecule has 114 valence electrons. The van der Waals surface area contributed by atoms with Gasteiger partial charge in [-0.25, -0.2) is 4.98 Å². The lowest BCUT2D eigenvalue weighted by Gasteiger charge is -2.22. The molecule has 2 aromatic heterocycles. The summed E-state index contributed by atoms with van der Waals surface area (Å²) in [5, 5.41) is 0.700. The highest BCUT2D eigenvalue weighted by Gasteiger charge is 2.10. The van der Waals surface area contributed by atoms with Crippen molar-refractivity contribution in [3.05, 3.63) is 63.2 Å². The van der Waals surface area contributed by atoms with E-state index in [1.54, 1.807) is 13.0 Å². The molecule has 0 saturated heterocycles. The topological polar surface area (TPSA) is 50.8 Å². The number of hydrogen-bond donors (Lipinski definition) is 0. The number of benzene rings is 1. The standard InChI is InChI=1S/C16H16ClN3O2/c1-3-19(14-6-4-12(17)5-7-14)10-13-9-16(21)20-15(18-13)8-11(2)22-20/h4-9H,3,10H2,1-2H3. The molecule has 3 aromatic rings. The zero-order chi connectivity index (χ0) is 15.7. The number of aromatic nitrogens is 2. The van der Waals surface area contributed by atoms with Crippen molar-refractivity contribution in [3.8, 4) is 0 Å². The van der Waals surface area contributed by atoms with E-state index in [4.69, 9.17) is 16.1 Å². The molecular weight excluding hydrogens is 302 g/mol. The Morgan fingerprint density at radius 1 is 1.27 bits per heavy atom. The lowest BCUT2D eigenvalue weighted by molar-refractivity contribution is 0.344. The molecular formula is C16H16ClN3O2. The second kappa shape index (κ2) is 5.85. The molecule has 5 nitrogen and oxygen atoms in total. The first-order chi connectivity index (χ1) is 10.6. The molecule has 0 unspecified atom stereocenters. The first kappa shape index (κ1) is 14.7. The van der Waals surface area contributed by atoms with Gasteiger partial charge in [0.15, 0.2) is 5.65 Å². The van der Waals surface area contributed by atoms with Crippen molar-refractivity contribution in [2.45, 2.75) is 20.4 Å². The Morgan fingerprint density at radius 2 is 2.00 bits per heavy atom. The van der Waals surface area contributed by atoms with E-state index in [1.165, 1.54) is 10.6 Å². The van der Waals surface area contributed by atoms with Crippen molar-refractivity contribution >= 4 is 22.9 Å². The van der Waals surface area contributed by atoms with E-state index in [0.717, 1.165) is 12.2 Å². The van der Waals surface area contributed by atoms with Crippen LogP contribution in [0, 0.1) is 6.92 Å². The molecule has 3 rings (SSSR count). The van der Waals surface area contributed by atoms with Crippen molar-refractivity contribution in [2.75, 3.05) is 11.4 Å².